The summed E-state index contributed by atoms with van der Waals surface area (Å²) in [5, 5.41) is 21.0. The van der Waals surface area contributed by atoms with Crippen LogP contribution in [-0.4, -0.2) is 46.7 Å². The van der Waals surface area contributed by atoms with E-state index in [9.17, 15) is 19.5 Å². The van der Waals surface area contributed by atoms with Crippen molar-refractivity contribution >= 4 is 17.8 Å². The molecule has 0 spiro atoms. The molecule has 1 aromatic carbocycles. The smallest absolute Gasteiger partial charge is 0.326 e. The molecular formula is C17H24N2O5. The molecule has 1 unspecified atom stereocenters. The minimum atomic E-state index is -1.97. The maximum atomic E-state index is 12.6. The summed E-state index contributed by atoms with van der Waals surface area (Å²) in [5.41, 5.74) is 0.665. The van der Waals surface area contributed by atoms with Gasteiger partial charge in [-0.3, -0.25) is 14.9 Å². The fraction of sp³-hybridized carbons (Fsp3) is 0.471. The maximum absolute atomic E-state index is 12.6. The number of rotatable bonds is 10. The fourth-order valence-electron chi connectivity index (χ4n) is 2.16. The van der Waals surface area contributed by atoms with E-state index in [1.54, 1.807) is 30.3 Å². The number of benzene rings is 1. The second-order valence-corrected chi connectivity index (χ2v) is 5.85. The lowest BCUT2D eigenvalue weighted by Gasteiger charge is -2.22. The highest BCUT2D eigenvalue weighted by Gasteiger charge is 2.26. The van der Waals surface area contributed by atoms with Crippen molar-refractivity contribution in [1.82, 2.24) is 10.6 Å². The molecule has 7 heteroatoms. The number of aliphatic carboxylic acids is 2. The summed E-state index contributed by atoms with van der Waals surface area (Å²) >= 11 is 0. The SMILES string of the molecule is [2H]C(C(=O)O)N([2H])[C@@H](Cc1ccccc1)C(=O)N[C@@H](CC(C)C)C(=O)O. The molecule has 0 aliphatic heterocycles. The Morgan fingerprint density at radius 3 is 2.29 bits per heavy atom. The van der Waals surface area contributed by atoms with Crippen LogP contribution in [0.25, 0.3) is 0 Å². The molecule has 0 aliphatic rings. The Labute approximate surface area is 143 Å². The van der Waals surface area contributed by atoms with Crippen molar-refractivity contribution in [2.24, 2.45) is 5.92 Å². The first-order valence-corrected chi connectivity index (χ1v) is 7.62. The van der Waals surface area contributed by atoms with E-state index in [-0.39, 0.29) is 18.8 Å². The third-order valence-corrected chi connectivity index (χ3v) is 3.26. The van der Waals surface area contributed by atoms with Gasteiger partial charge in [0.15, 0.2) is 0 Å². The van der Waals surface area contributed by atoms with Crippen molar-refractivity contribution in [3.8, 4) is 0 Å². The topological polar surface area (TPSA) is 116 Å². The molecule has 0 fully saturated rings. The van der Waals surface area contributed by atoms with Gasteiger partial charge in [-0.2, -0.15) is 0 Å². The monoisotopic (exact) mass is 338 g/mol. The summed E-state index contributed by atoms with van der Waals surface area (Å²) in [6.45, 7) is 1.65. The molecule has 4 N–H and O–H groups in total. The van der Waals surface area contributed by atoms with E-state index in [0.29, 0.717) is 10.9 Å². The van der Waals surface area contributed by atoms with Crippen LogP contribution in [0.1, 0.15) is 27.2 Å². The summed E-state index contributed by atoms with van der Waals surface area (Å²) in [5.74, 6) is -3.56. The predicted molar refractivity (Wildman–Crippen MR) is 88.6 cm³/mol. The molecule has 0 aliphatic carbocycles. The summed E-state index contributed by atoms with van der Waals surface area (Å²) in [4.78, 5) is 35.0. The molecule has 0 saturated heterocycles. The van der Waals surface area contributed by atoms with Crippen molar-refractivity contribution in [2.45, 2.75) is 38.8 Å². The van der Waals surface area contributed by atoms with Crippen molar-refractivity contribution < 1.29 is 27.4 Å². The molecule has 1 amide bonds. The first-order chi connectivity index (χ1) is 12.1. The average molecular weight is 338 g/mol. The van der Waals surface area contributed by atoms with Crippen molar-refractivity contribution in [3.05, 3.63) is 35.9 Å². The fourth-order valence-corrected chi connectivity index (χ4v) is 2.16. The van der Waals surface area contributed by atoms with E-state index in [4.69, 9.17) is 7.89 Å². The van der Waals surface area contributed by atoms with Crippen LogP contribution < -0.4 is 10.6 Å². The number of hydrogen-bond acceptors (Lipinski definition) is 4. The summed E-state index contributed by atoms with van der Waals surface area (Å²) in [6.07, 6.45) is 0.174. The summed E-state index contributed by atoms with van der Waals surface area (Å²) < 4.78 is 15.4. The van der Waals surface area contributed by atoms with E-state index in [0.717, 1.165) is 0 Å². The molecular weight excluding hydrogens is 312 g/mol. The summed E-state index contributed by atoms with van der Waals surface area (Å²) in [6, 6.07) is 6.17. The van der Waals surface area contributed by atoms with E-state index >= 15 is 0 Å². The number of amides is 1. The molecule has 7 nitrogen and oxygen atoms in total. The van der Waals surface area contributed by atoms with Gasteiger partial charge in [0.1, 0.15) is 7.45 Å². The van der Waals surface area contributed by atoms with Crippen LogP contribution in [0.4, 0.5) is 0 Å². The Hall–Kier alpha value is -2.41. The van der Waals surface area contributed by atoms with Crippen molar-refractivity contribution in [2.75, 3.05) is 6.52 Å². The molecule has 0 saturated carbocycles. The first-order valence-electron chi connectivity index (χ1n) is 8.65. The van der Waals surface area contributed by atoms with Gasteiger partial charge < -0.3 is 15.5 Å². The zero-order valence-electron chi connectivity index (χ0n) is 15.7. The third kappa shape index (κ3) is 7.23. The zero-order chi connectivity index (χ0) is 19.9. The van der Waals surface area contributed by atoms with Crippen LogP contribution >= 0.6 is 0 Å². The van der Waals surface area contributed by atoms with Crippen LogP contribution in [0.15, 0.2) is 30.3 Å². The lowest BCUT2D eigenvalue weighted by Crippen LogP contribution is -2.52. The Balaban J connectivity index is 3.03. The van der Waals surface area contributed by atoms with E-state index < -0.39 is 36.5 Å². The molecule has 1 aromatic rings. The quantitative estimate of drug-likeness (QED) is 0.503. The van der Waals surface area contributed by atoms with Gasteiger partial charge in [-0.15, -0.1) is 0 Å². The number of nitrogens with one attached hydrogen (secondary N) is 2. The lowest BCUT2D eigenvalue weighted by molar-refractivity contribution is -0.143. The van der Waals surface area contributed by atoms with Gasteiger partial charge in [0.05, 0.1) is 13.9 Å². The van der Waals surface area contributed by atoms with Gasteiger partial charge in [-0.05, 0) is 24.3 Å². The minimum Gasteiger partial charge on any atom is -0.480 e. The highest BCUT2D eigenvalue weighted by atomic mass is 16.4. The highest BCUT2D eigenvalue weighted by molar-refractivity contribution is 5.87. The Bertz CT molecular complexity index is 627. The summed E-state index contributed by atoms with van der Waals surface area (Å²) in [7, 11) is 0. The van der Waals surface area contributed by atoms with Gasteiger partial charge in [-0.1, -0.05) is 44.2 Å². The van der Waals surface area contributed by atoms with Gasteiger partial charge in [0.2, 0.25) is 5.91 Å². The van der Waals surface area contributed by atoms with Crippen LogP contribution in [0.2, 0.25) is 1.41 Å². The van der Waals surface area contributed by atoms with Gasteiger partial charge in [0.25, 0.3) is 0 Å². The second kappa shape index (κ2) is 9.67. The zero-order valence-corrected chi connectivity index (χ0v) is 13.7. The van der Waals surface area contributed by atoms with E-state index in [1.165, 1.54) is 0 Å². The Morgan fingerprint density at radius 2 is 1.79 bits per heavy atom. The van der Waals surface area contributed by atoms with Crippen LogP contribution in [-0.2, 0) is 20.8 Å². The highest BCUT2D eigenvalue weighted by Crippen LogP contribution is 2.07. The second-order valence-electron chi connectivity index (χ2n) is 5.85. The first kappa shape index (κ1) is 16.4. The molecule has 0 bridgehead atoms. The number of carboxylic acids is 2. The molecule has 24 heavy (non-hydrogen) atoms. The third-order valence-electron chi connectivity index (χ3n) is 3.26. The number of carbonyl (C=O) groups is 3. The largest absolute Gasteiger partial charge is 0.480 e. The molecule has 0 heterocycles. The molecule has 3 atom stereocenters. The van der Waals surface area contributed by atoms with Crippen molar-refractivity contribution in [3.63, 3.8) is 0 Å². The Morgan fingerprint density at radius 1 is 1.17 bits per heavy atom. The van der Waals surface area contributed by atoms with Crippen LogP contribution in [0.3, 0.4) is 0 Å². The maximum Gasteiger partial charge on any atom is 0.326 e. The number of hydrogen-bond donors (Lipinski definition) is 4. The normalized spacial score (nSPS) is 16.0. The Kier molecular flexibility index (Phi) is 6.63. The minimum absolute atomic E-state index is 0.0130. The van der Waals surface area contributed by atoms with Gasteiger partial charge in [0, 0.05) is 0 Å². The molecule has 1 rings (SSSR count). The van der Waals surface area contributed by atoms with Crippen molar-refractivity contribution in [1.29, 1.82) is 0 Å². The molecule has 0 aromatic heterocycles. The number of carbonyl (C=O) groups excluding carboxylic acids is 1. The predicted octanol–water partition coefficient (Wildman–Crippen LogP) is 0.887. The van der Waals surface area contributed by atoms with Gasteiger partial charge >= 0.3 is 11.9 Å². The van der Waals surface area contributed by atoms with E-state index in [2.05, 4.69) is 5.32 Å². The molecule has 132 valence electrons. The van der Waals surface area contributed by atoms with Gasteiger partial charge in [-0.25, -0.2) is 4.79 Å². The molecule has 0 radical (unpaired) electrons. The number of carboxylic acid groups (broad SMARTS) is 2. The lowest BCUT2D eigenvalue weighted by atomic mass is 10.0. The van der Waals surface area contributed by atoms with Crippen LogP contribution in [0, 0.1) is 5.92 Å². The van der Waals surface area contributed by atoms with Crippen LogP contribution in [0.5, 0.6) is 0 Å². The standard InChI is InChI=1S/C17H24N2O5/c1-11(2)8-14(17(23)24)19-16(22)13(18-10-15(20)21)9-12-6-4-3-5-7-12/h3-7,11,13-14,18H,8-10H2,1-2H3,(H,19,22)(H,20,21)(H,23,24)/t13-,14-/m0/s1/i10D/hD/t10?,13-,14-. The average Bonchev–Trinajstić information content (AvgIpc) is 2.58. The van der Waals surface area contributed by atoms with E-state index in [1.807, 2.05) is 13.8 Å².